The third-order valence-corrected chi connectivity index (χ3v) is 6.73. The Bertz CT molecular complexity index is 1130. The zero-order valence-corrected chi connectivity index (χ0v) is 19.1. The number of anilines is 2. The van der Waals surface area contributed by atoms with E-state index in [4.69, 9.17) is 30.5 Å². The zero-order chi connectivity index (χ0) is 23.3. The third kappa shape index (κ3) is 3.32. The molecule has 1 N–H and O–H groups in total. The van der Waals surface area contributed by atoms with Gasteiger partial charge in [-0.15, -0.1) is 0 Å². The van der Waals surface area contributed by atoms with Crippen molar-refractivity contribution in [2.75, 3.05) is 38.1 Å². The van der Waals surface area contributed by atoms with Crippen LogP contribution in [0.1, 0.15) is 0 Å². The van der Waals surface area contributed by atoms with E-state index in [1.54, 1.807) is 41.3 Å². The normalized spacial score (nSPS) is 27.0. The molecule has 0 radical (unpaired) electrons. The molecule has 2 aromatic rings. The van der Waals surface area contributed by atoms with Crippen LogP contribution >= 0.6 is 11.6 Å². The first-order chi connectivity index (χ1) is 15.9. The molecule has 0 aliphatic carbocycles. The number of hydrogen-bond acceptors (Lipinski definition) is 6. The molecule has 1 spiro atoms. The summed E-state index contributed by atoms with van der Waals surface area (Å²) in [6.07, 6.45) is 3.32. The number of amides is 2. The zero-order valence-electron chi connectivity index (χ0n) is 18.3. The van der Waals surface area contributed by atoms with Crippen LogP contribution in [0.4, 0.5) is 11.4 Å². The van der Waals surface area contributed by atoms with Crippen LogP contribution in [0.2, 0.25) is 5.02 Å². The molecule has 8 nitrogen and oxygen atoms in total. The van der Waals surface area contributed by atoms with E-state index in [1.807, 2.05) is 12.2 Å². The smallest absolute Gasteiger partial charge is 0.234 e. The number of fused-ring (bicyclic) bond motifs is 1. The first-order valence-electron chi connectivity index (χ1n) is 10.5. The number of methoxy groups -OCH3 is 3. The van der Waals surface area contributed by atoms with Crippen molar-refractivity contribution in [1.29, 1.82) is 0 Å². The van der Waals surface area contributed by atoms with Crippen LogP contribution < -0.4 is 24.4 Å². The van der Waals surface area contributed by atoms with Gasteiger partial charge in [0.25, 0.3) is 0 Å². The van der Waals surface area contributed by atoms with Gasteiger partial charge in [0.1, 0.15) is 5.60 Å². The lowest BCUT2D eigenvalue weighted by atomic mass is 9.77. The number of nitrogens with zero attached hydrogens (tertiary/aromatic N) is 1. The van der Waals surface area contributed by atoms with Crippen molar-refractivity contribution in [2.24, 2.45) is 11.8 Å². The summed E-state index contributed by atoms with van der Waals surface area (Å²) in [5, 5.41) is 3.49. The van der Waals surface area contributed by atoms with Gasteiger partial charge in [0.2, 0.25) is 17.6 Å². The number of benzene rings is 2. The summed E-state index contributed by atoms with van der Waals surface area (Å²) in [6.45, 7) is 0.346. The van der Waals surface area contributed by atoms with E-state index >= 15 is 0 Å². The van der Waals surface area contributed by atoms with Gasteiger partial charge >= 0.3 is 0 Å². The van der Waals surface area contributed by atoms with E-state index in [0.717, 1.165) is 5.69 Å². The highest BCUT2D eigenvalue weighted by Gasteiger charge is 2.67. The summed E-state index contributed by atoms with van der Waals surface area (Å²) in [6, 6.07) is 10.3. The van der Waals surface area contributed by atoms with Gasteiger partial charge in [0.05, 0.1) is 45.8 Å². The molecular weight excluding hydrogens is 448 g/mol. The Hall–Kier alpha value is -3.23. The SMILES string of the molecule is COc1cc(NC(=O)C2C3C=CC4(CN(c5ccc(Cl)cc5)C(=O)C24)O3)cc(OC)c1OC. The van der Waals surface area contributed by atoms with Gasteiger partial charge in [0.15, 0.2) is 11.5 Å². The van der Waals surface area contributed by atoms with Crippen molar-refractivity contribution in [3.8, 4) is 17.2 Å². The molecule has 2 amide bonds. The standard InChI is InChI=1S/C24H23ClN2O6/c1-30-17-10-14(11-18(31-2)21(17)32-3)26-22(28)19-16-8-9-24(33-16)12-27(23(29)20(19)24)15-6-4-13(25)5-7-15/h4-11,16,19-20H,12H2,1-3H3,(H,26,28). The van der Waals surface area contributed by atoms with Crippen LogP contribution in [0.3, 0.4) is 0 Å². The molecule has 0 saturated carbocycles. The first-order valence-corrected chi connectivity index (χ1v) is 10.8. The average molecular weight is 471 g/mol. The van der Waals surface area contributed by atoms with Gasteiger partial charge in [-0.25, -0.2) is 0 Å². The molecule has 172 valence electrons. The Morgan fingerprint density at radius 3 is 2.39 bits per heavy atom. The second-order valence-electron chi connectivity index (χ2n) is 8.20. The number of rotatable bonds is 6. The van der Waals surface area contributed by atoms with Crippen LogP contribution in [0.5, 0.6) is 17.2 Å². The molecule has 3 aliphatic rings. The molecule has 4 atom stereocenters. The van der Waals surface area contributed by atoms with Crippen molar-refractivity contribution >= 4 is 34.8 Å². The van der Waals surface area contributed by atoms with Gasteiger partial charge in [-0.1, -0.05) is 23.8 Å². The van der Waals surface area contributed by atoms with E-state index in [1.165, 1.54) is 21.3 Å². The quantitative estimate of drug-likeness (QED) is 0.652. The van der Waals surface area contributed by atoms with Crippen molar-refractivity contribution in [1.82, 2.24) is 0 Å². The predicted molar refractivity (Wildman–Crippen MR) is 122 cm³/mol. The van der Waals surface area contributed by atoms with Crippen molar-refractivity contribution in [2.45, 2.75) is 11.7 Å². The van der Waals surface area contributed by atoms with E-state index in [0.29, 0.717) is 34.5 Å². The summed E-state index contributed by atoms with van der Waals surface area (Å²) in [5.74, 6) is -0.486. The van der Waals surface area contributed by atoms with Gasteiger partial charge < -0.3 is 29.2 Å². The van der Waals surface area contributed by atoms with Gasteiger partial charge in [-0.3, -0.25) is 9.59 Å². The Balaban J connectivity index is 1.43. The number of carbonyl (C=O) groups is 2. The number of carbonyl (C=O) groups excluding carboxylic acids is 2. The second-order valence-corrected chi connectivity index (χ2v) is 8.64. The van der Waals surface area contributed by atoms with Crippen LogP contribution in [0.15, 0.2) is 48.6 Å². The average Bonchev–Trinajstić information content (AvgIpc) is 3.47. The van der Waals surface area contributed by atoms with Gasteiger partial charge in [-0.2, -0.15) is 0 Å². The van der Waals surface area contributed by atoms with Crippen molar-refractivity contribution in [3.63, 3.8) is 0 Å². The summed E-state index contributed by atoms with van der Waals surface area (Å²) < 4.78 is 22.3. The van der Waals surface area contributed by atoms with Crippen molar-refractivity contribution in [3.05, 3.63) is 53.6 Å². The van der Waals surface area contributed by atoms with Crippen LogP contribution in [-0.4, -0.2) is 51.4 Å². The fourth-order valence-corrected chi connectivity index (χ4v) is 5.14. The second kappa shape index (κ2) is 7.97. The fraction of sp³-hybridized carbons (Fsp3) is 0.333. The Kier molecular flexibility index (Phi) is 5.22. The van der Waals surface area contributed by atoms with Gasteiger partial charge in [0, 0.05) is 28.5 Å². The Labute approximate surface area is 196 Å². The molecule has 3 aliphatic heterocycles. The lowest BCUT2D eigenvalue weighted by molar-refractivity contribution is -0.128. The van der Waals surface area contributed by atoms with Crippen LogP contribution in [0, 0.1) is 11.8 Å². The first kappa shape index (κ1) is 21.6. The predicted octanol–water partition coefficient (Wildman–Crippen LogP) is 3.29. The molecule has 2 bridgehead atoms. The Morgan fingerprint density at radius 2 is 1.79 bits per heavy atom. The molecule has 4 unspecified atom stereocenters. The number of halogens is 1. The van der Waals surface area contributed by atoms with Crippen molar-refractivity contribution < 1.29 is 28.5 Å². The lowest BCUT2D eigenvalue weighted by Crippen LogP contribution is -2.41. The maximum atomic E-state index is 13.5. The van der Waals surface area contributed by atoms with Gasteiger partial charge in [-0.05, 0) is 24.3 Å². The third-order valence-electron chi connectivity index (χ3n) is 6.47. The Morgan fingerprint density at radius 1 is 1.12 bits per heavy atom. The van der Waals surface area contributed by atoms with E-state index < -0.39 is 23.5 Å². The highest BCUT2D eigenvalue weighted by atomic mass is 35.5. The fourth-order valence-electron chi connectivity index (χ4n) is 5.02. The minimum Gasteiger partial charge on any atom is -0.493 e. The maximum absolute atomic E-state index is 13.5. The minimum absolute atomic E-state index is 0.144. The summed E-state index contributed by atoms with van der Waals surface area (Å²) in [4.78, 5) is 28.5. The largest absolute Gasteiger partial charge is 0.493 e. The molecule has 5 rings (SSSR count). The highest BCUT2D eigenvalue weighted by molar-refractivity contribution is 6.30. The molecule has 2 fully saturated rings. The molecule has 2 aromatic carbocycles. The molecule has 3 heterocycles. The number of nitrogens with one attached hydrogen (secondary N) is 1. The summed E-state index contributed by atoms with van der Waals surface area (Å²) in [7, 11) is 4.52. The van der Waals surface area contributed by atoms with E-state index in [9.17, 15) is 9.59 Å². The molecular formula is C24H23ClN2O6. The van der Waals surface area contributed by atoms with Crippen LogP contribution in [-0.2, 0) is 14.3 Å². The molecule has 9 heteroatoms. The highest BCUT2D eigenvalue weighted by Crippen LogP contribution is 2.53. The molecule has 2 saturated heterocycles. The molecule has 0 aromatic heterocycles. The minimum atomic E-state index is -0.821. The topological polar surface area (TPSA) is 86.3 Å². The van der Waals surface area contributed by atoms with E-state index in [-0.39, 0.29) is 11.8 Å². The molecule has 33 heavy (non-hydrogen) atoms. The number of ether oxygens (including phenoxy) is 4. The maximum Gasteiger partial charge on any atom is 0.234 e. The summed E-state index contributed by atoms with van der Waals surface area (Å²) in [5.41, 5.74) is 0.367. The number of hydrogen-bond donors (Lipinski definition) is 1. The lowest BCUT2D eigenvalue weighted by Gasteiger charge is -2.24. The monoisotopic (exact) mass is 470 g/mol. The van der Waals surface area contributed by atoms with Crippen LogP contribution in [0.25, 0.3) is 0 Å². The van der Waals surface area contributed by atoms with E-state index in [2.05, 4.69) is 5.32 Å². The summed E-state index contributed by atoms with van der Waals surface area (Å²) >= 11 is 6.00.